The summed E-state index contributed by atoms with van der Waals surface area (Å²) in [4.78, 5) is 0. The summed E-state index contributed by atoms with van der Waals surface area (Å²) < 4.78 is 2.93. The van der Waals surface area contributed by atoms with E-state index in [1.54, 1.807) is 0 Å². The van der Waals surface area contributed by atoms with Gasteiger partial charge in [0.15, 0.2) is 0 Å². The smallest absolute Gasteiger partial charge is 0.0253 e. The normalized spacial score (nSPS) is 11.7. The van der Waals surface area contributed by atoms with E-state index in [-0.39, 0.29) is 24.8 Å². The number of rotatable bonds is 4. The number of fused-ring (bicyclic) bond motifs is 6. The summed E-state index contributed by atoms with van der Waals surface area (Å²) in [5.74, 6) is 0. The fourth-order valence-electron chi connectivity index (χ4n) is 7.43. The van der Waals surface area contributed by atoms with Crippen molar-refractivity contribution in [2.45, 2.75) is 25.7 Å². The summed E-state index contributed by atoms with van der Waals surface area (Å²) in [6, 6.07) is 78.6. The van der Waals surface area contributed by atoms with Crippen LogP contribution in [0.1, 0.15) is 57.3 Å². The molecule has 4 heteroatoms. The van der Waals surface area contributed by atoms with Crippen molar-refractivity contribution in [3.05, 3.63) is 312 Å². The summed E-state index contributed by atoms with van der Waals surface area (Å²) >= 11 is 2.16. The van der Waals surface area contributed by atoms with Crippen LogP contribution in [-0.4, -0.2) is 6.51 Å². The van der Waals surface area contributed by atoms with Gasteiger partial charge in [-0.1, -0.05) is 70.8 Å². The van der Waals surface area contributed by atoms with E-state index in [0.29, 0.717) is 0 Å². The van der Waals surface area contributed by atoms with Gasteiger partial charge in [0.05, 0.1) is 0 Å². The van der Waals surface area contributed by atoms with Gasteiger partial charge in [0.1, 0.15) is 0 Å². The third-order valence-corrected chi connectivity index (χ3v) is 14.8. The van der Waals surface area contributed by atoms with Crippen LogP contribution < -0.4 is 0 Å². The summed E-state index contributed by atoms with van der Waals surface area (Å²) in [6.45, 7) is 0. The molecule has 8 aromatic rings. The van der Waals surface area contributed by atoms with Crippen molar-refractivity contribution in [3.8, 4) is 22.3 Å². The molecule has 0 saturated carbocycles. The first-order chi connectivity index (χ1) is 31.7. The molecule has 8 aromatic carbocycles. The molecule has 66 heavy (non-hydrogen) atoms. The fourth-order valence-corrected chi connectivity index (χ4v) is 9.82. The summed E-state index contributed by atoms with van der Waals surface area (Å²) in [6.07, 6.45) is 22.1. The molecule has 4 aliphatic carbocycles. The van der Waals surface area contributed by atoms with Crippen LogP contribution in [-0.2, 0) is 60.6 Å². The van der Waals surface area contributed by atoms with Gasteiger partial charge >= 0.3 is 198 Å². The Morgan fingerprint density at radius 3 is 0.939 bits per heavy atom. The molecule has 12 rings (SSSR count). The zero-order chi connectivity index (χ0) is 44.0. The second-order valence-electron chi connectivity index (χ2n) is 15.0. The van der Waals surface area contributed by atoms with Crippen LogP contribution in [0.4, 0.5) is 0 Å². The number of hydrogen-bond donors (Lipinski definition) is 0. The minimum atomic E-state index is 0. The van der Waals surface area contributed by atoms with E-state index in [9.17, 15) is 0 Å². The average molecular weight is 1220 g/mol. The van der Waals surface area contributed by atoms with Gasteiger partial charge in [-0.3, -0.25) is 12.2 Å². The maximum atomic E-state index is 3.30. The van der Waals surface area contributed by atoms with Crippen molar-refractivity contribution in [2.24, 2.45) is 0 Å². The summed E-state index contributed by atoms with van der Waals surface area (Å²) in [7, 11) is 0. The van der Waals surface area contributed by atoms with Crippen LogP contribution in [0.3, 0.4) is 0 Å². The molecule has 0 N–H and O–H groups in total. The Kier molecular flexibility index (Phi) is 22.5. The third-order valence-electron chi connectivity index (χ3n) is 10.7. The Bertz CT molecular complexity index is 2460. The first-order valence-electron chi connectivity index (χ1n) is 21.6. The number of hydrogen-bond acceptors (Lipinski definition) is 0. The number of benzene rings is 8. The van der Waals surface area contributed by atoms with Crippen molar-refractivity contribution < 1.29 is 47.8 Å². The minimum absolute atomic E-state index is 0. The number of allylic oxidation sites excluding steroid dienone is 8. The molecule has 0 saturated heterocycles. The molecule has 0 bridgehead atoms. The Balaban J connectivity index is 0.000000152. The first-order valence-corrected chi connectivity index (χ1v) is 25.2. The molecule has 0 aromatic heterocycles. The molecule has 0 atom stereocenters. The molecule has 0 aliphatic heterocycles. The Morgan fingerprint density at radius 2 is 0.652 bits per heavy atom. The molecule has 0 spiro atoms. The van der Waals surface area contributed by atoms with E-state index >= 15 is 0 Å². The molecular formula is C62H50Cl2Hf2. The SMILES string of the molecule is Cl.Cl.[C-]1=CC=CC1.[C-]1=CC=CC1.[Hf+2]=[C](c1ccccc1)c1ccccc1.[Hf+2]=[C](c1ccccc1)c1ccccc1.[c-]1cccc2c1Cc1ccccc1-2.[c-]1cccc2c1Cc1ccccc1-2. The standard InChI is InChI=1S/2C13H9.2C13H10.2C5H5.2ClH.2Hf/c2*1-3-7-12-10(5-1)9-11-6-2-4-8-13(11)12;2*1-3-7-12(8-4-1)11-13-9-5-2-6-10-13;2*1-2-4-5-3-1;;;;/h2*1-5,7-8H,9H2;2*1-10H;2*1-3H,4H2;2*1H;;/q2*-1;;;2*-1;;;2*+2. The molecule has 4 aliphatic rings. The largest absolute Gasteiger partial charge is 0.179 e. The second kappa shape index (κ2) is 28.7. The fraction of sp³-hybridized carbons (Fsp3) is 0.0645. The maximum absolute atomic E-state index is 3.30. The molecule has 0 fully saturated rings. The van der Waals surface area contributed by atoms with Crippen LogP contribution in [0.25, 0.3) is 22.3 Å². The van der Waals surface area contributed by atoms with E-state index in [0.717, 1.165) is 73.5 Å². The van der Waals surface area contributed by atoms with Gasteiger partial charge in [0, 0.05) is 0 Å². The van der Waals surface area contributed by atoms with Gasteiger partial charge in [-0.05, 0) is 12.8 Å². The van der Waals surface area contributed by atoms with Crippen molar-refractivity contribution in [3.63, 3.8) is 0 Å². The minimum Gasteiger partial charge on any atom is -0.179 e. The quantitative estimate of drug-likeness (QED) is 0.122. The van der Waals surface area contributed by atoms with E-state index in [4.69, 9.17) is 0 Å². The molecule has 0 amide bonds. The van der Waals surface area contributed by atoms with Gasteiger partial charge in [-0.2, -0.15) is 71.8 Å². The zero-order valence-corrected chi connectivity index (χ0v) is 45.6. The van der Waals surface area contributed by atoms with Gasteiger partial charge in [0.25, 0.3) is 0 Å². The molecule has 0 nitrogen and oxygen atoms in total. The Labute approximate surface area is 434 Å². The summed E-state index contributed by atoms with van der Waals surface area (Å²) in [5, 5.41) is 0. The molecule has 0 radical (unpaired) electrons. The summed E-state index contributed by atoms with van der Waals surface area (Å²) in [5.41, 5.74) is 16.4. The van der Waals surface area contributed by atoms with Crippen LogP contribution in [0, 0.1) is 24.3 Å². The van der Waals surface area contributed by atoms with Crippen LogP contribution in [0.15, 0.2) is 243 Å². The average Bonchev–Trinajstić information content (AvgIpc) is 4.25. The monoisotopic (exact) mass is 1220 g/mol. The predicted octanol–water partition coefficient (Wildman–Crippen LogP) is 15.2. The Hall–Kier alpha value is -5.22. The molecule has 0 unspecified atom stereocenters. The topological polar surface area (TPSA) is 0 Å². The second-order valence-corrected chi connectivity index (χ2v) is 18.6. The van der Waals surface area contributed by atoms with Crippen LogP contribution in [0.5, 0.6) is 0 Å². The van der Waals surface area contributed by atoms with Crippen molar-refractivity contribution in [1.29, 1.82) is 0 Å². The van der Waals surface area contributed by atoms with Crippen LogP contribution >= 0.6 is 24.8 Å². The van der Waals surface area contributed by atoms with E-state index in [2.05, 4.69) is 231 Å². The van der Waals surface area contributed by atoms with Crippen LogP contribution in [0.2, 0.25) is 0 Å². The molecule has 0 heterocycles. The van der Waals surface area contributed by atoms with E-state index in [1.807, 2.05) is 36.4 Å². The predicted molar refractivity (Wildman–Crippen MR) is 277 cm³/mol. The molecular weight excluding hydrogens is 1170 g/mol. The number of halogens is 2. The molecule has 320 valence electrons. The maximum Gasteiger partial charge on any atom is -0.0253 e. The zero-order valence-electron chi connectivity index (χ0n) is 36.7. The van der Waals surface area contributed by atoms with Gasteiger partial charge in [-0.15, -0.1) is 48.8 Å². The van der Waals surface area contributed by atoms with E-state index < -0.39 is 0 Å². The van der Waals surface area contributed by atoms with Gasteiger partial charge in [-0.25, -0.2) is 24.3 Å². The van der Waals surface area contributed by atoms with Gasteiger partial charge in [0.2, 0.25) is 0 Å². The Morgan fingerprint density at radius 1 is 0.348 bits per heavy atom. The van der Waals surface area contributed by atoms with Crippen molar-refractivity contribution in [2.75, 3.05) is 0 Å². The third kappa shape index (κ3) is 15.4. The van der Waals surface area contributed by atoms with Gasteiger partial charge < -0.3 is 0 Å². The van der Waals surface area contributed by atoms with Crippen molar-refractivity contribution >= 4 is 31.3 Å². The first kappa shape index (κ1) is 51.8. The van der Waals surface area contributed by atoms with Crippen molar-refractivity contribution in [1.82, 2.24) is 0 Å². The van der Waals surface area contributed by atoms with E-state index in [1.165, 1.54) is 73.3 Å².